The summed E-state index contributed by atoms with van der Waals surface area (Å²) >= 11 is 12.3. The number of nitrogens with one attached hydrogen (secondary N) is 1. The fourth-order valence-corrected chi connectivity index (χ4v) is 5.72. The molecule has 0 radical (unpaired) electrons. The van der Waals surface area contributed by atoms with Crippen LogP contribution in [-0.2, 0) is 26.2 Å². The number of ether oxygens (including phenoxy) is 1. The van der Waals surface area contributed by atoms with Crippen molar-refractivity contribution in [3.05, 3.63) is 88.4 Å². The maximum atomic E-state index is 13.9. The predicted octanol–water partition coefficient (Wildman–Crippen LogP) is 5.53. The Morgan fingerprint density at radius 3 is 2.35 bits per heavy atom. The van der Waals surface area contributed by atoms with Gasteiger partial charge in [0.1, 0.15) is 18.3 Å². The van der Waals surface area contributed by atoms with Crippen molar-refractivity contribution in [2.24, 2.45) is 0 Å². The van der Waals surface area contributed by atoms with E-state index in [9.17, 15) is 18.0 Å². The monoisotopic (exact) mass is 605 g/mol. The minimum atomic E-state index is -4.17. The van der Waals surface area contributed by atoms with Gasteiger partial charge in [0.15, 0.2) is 0 Å². The number of methoxy groups -OCH3 is 1. The van der Waals surface area contributed by atoms with Crippen LogP contribution in [0.1, 0.15) is 32.3 Å². The maximum Gasteiger partial charge on any atom is 0.264 e. The summed E-state index contributed by atoms with van der Waals surface area (Å²) in [7, 11) is -2.69. The first kappa shape index (κ1) is 31.3. The molecule has 0 fully saturated rings. The lowest BCUT2D eigenvalue weighted by molar-refractivity contribution is -0.139. The summed E-state index contributed by atoms with van der Waals surface area (Å²) in [5.41, 5.74) is 0.876. The van der Waals surface area contributed by atoms with Crippen molar-refractivity contribution >= 4 is 50.7 Å². The van der Waals surface area contributed by atoms with E-state index in [-0.39, 0.29) is 23.0 Å². The number of rotatable bonds is 13. The quantitative estimate of drug-likeness (QED) is 0.258. The number of hydrogen-bond acceptors (Lipinski definition) is 5. The van der Waals surface area contributed by atoms with E-state index in [0.29, 0.717) is 27.9 Å². The molecule has 0 heterocycles. The van der Waals surface area contributed by atoms with Crippen LogP contribution in [0.2, 0.25) is 10.0 Å². The Labute approximate surface area is 245 Å². The summed E-state index contributed by atoms with van der Waals surface area (Å²) in [6.45, 7) is 3.54. The van der Waals surface area contributed by atoms with Crippen molar-refractivity contribution in [1.82, 2.24) is 10.2 Å². The molecule has 1 atom stereocenters. The first-order chi connectivity index (χ1) is 19.1. The molecule has 2 amide bonds. The molecule has 11 heteroatoms. The Bertz CT molecular complexity index is 1420. The third-order valence-electron chi connectivity index (χ3n) is 6.29. The van der Waals surface area contributed by atoms with Crippen molar-refractivity contribution in [2.45, 2.75) is 44.2 Å². The molecule has 3 aromatic carbocycles. The molecule has 0 unspecified atom stereocenters. The first-order valence-electron chi connectivity index (χ1n) is 12.8. The van der Waals surface area contributed by atoms with E-state index >= 15 is 0 Å². The van der Waals surface area contributed by atoms with Gasteiger partial charge in [-0.3, -0.25) is 13.9 Å². The summed E-state index contributed by atoms with van der Waals surface area (Å²) in [4.78, 5) is 28.3. The summed E-state index contributed by atoms with van der Waals surface area (Å²) in [5, 5.41) is 3.51. The normalized spacial score (nSPS) is 11.9. The van der Waals surface area contributed by atoms with Crippen LogP contribution >= 0.6 is 23.2 Å². The SMILES string of the molecule is CCCCNC(=O)[C@H](C)N(Cc1ccc(Cl)c(Cl)c1)C(=O)CN(c1cccc(OC)c1)S(=O)(=O)c1ccccc1. The lowest BCUT2D eigenvalue weighted by Crippen LogP contribution is -2.51. The van der Waals surface area contributed by atoms with Gasteiger partial charge in [-0.05, 0) is 55.3 Å². The highest BCUT2D eigenvalue weighted by molar-refractivity contribution is 7.92. The molecule has 40 heavy (non-hydrogen) atoms. The number of carbonyl (C=O) groups is 2. The lowest BCUT2D eigenvalue weighted by Gasteiger charge is -2.32. The number of carbonyl (C=O) groups excluding carboxylic acids is 2. The second-order valence-corrected chi connectivity index (χ2v) is 11.8. The zero-order valence-electron chi connectivity index (χ0n) is 22.6. The van der Waals surface area contributed by atoms with Gasteiger partial charge in [0, 0.05) is 19.2 Å². The number of anilines is 1. The second-order valence-electron chi connectivity index (χ2n) is 9.12. The Morgan fingerprint density at radius 2 is 1.70 bits per heavy atom. The molecule has 0 aliphatic carbocycles. The van der Waals surface area contributed by atoms with Crippen LogP contribution in [0.5, 0.6) is 5.75 Å². The smallest absolute Gasteiger partial charge is 0.264 e. The van der Waals surface area contributed by atoms with Gasteiger partial charge in [-0.25, -0.2) is 8.42 Å². The predicted molar refractivity (Wildman–Crippen MR) is 158 cm³/mol. The molecular weight excluding hydrogens is 573 g/mol. The van der Waals surface area contributed by atoms with E-state index in [2.05, 4.69) is 5.32 Å². The molecule has 0 saturated heterocycles. The Hall–Kier alpha value is -3.27. The Kier molecular flexibility index (Phi) is 11.2. The van der Waals surface area contributed by atoms with Crippen LogP contribution in [0.15, 0.2) is 77.7 Å². The fraction of sp³-hybridized carbons (Fsp3) is 0.310. The molecule has 3 rings (SSSR count). The van der Waals surface area contributed by atoms with E-state index in [0.717, 1.165) is 17.1 Å². The van der Waals surface area contributed by atoms with E-state index in [1.54, 1.807) is 61.5 Å². The van der Waals surface area contributed by atoms with Gasteiger partial charge in [-0.2, -0.15) is 0 Å². The zero-order chi connectivity index (χ0) is 29.3. The van der Waals surface area contributed by atoms with Gasteiger partial charge in [-0.1, -0.05) is 66.9 Å². The molecule has 0 saturated carbocycles. The number of nitrogens with zero attached hydrogens (tertiary/aromatic N) is 2. The van der Waals surface area contributed by atoms with Crippen molar-refractivity contribution in [3.63, 3.8) is 0 Å². The van der Waals surface area contributed by atoms with E-state index in [4.69, 9.17) is 27.9 Å². The topological polar surface area (TPSA) is 96.0 Å². The van der Waals surface area contributed by atoms with Gasteiger partial charge in [-0.15, -0.1) is 0 Å². The number of hydrogen-bond donors (Lipinski definition) is 1. The van der Waals surface area contributed by atoms with Crippen molar-refractivity contribution in [1.29, 1.82) is 0 Å². The van der Waals surface area contributed by atoms with Gasteiger partial charge >= 0.3 is 0 Å². The minimum Gasteiger partial charge on any atom is -0.497 e. The van der Waals surface area contributed by atoms with Gasteiger partial charge < -0.3 is 15.0 Å². The van der Waals surface area contributed by atoms with Gasteiger partial charge in [0.05, 0.1) is 27.7 Å². The van der Waals surface area contributed by atoms with Gasteiger partial charge in [0.2, 0.25) is 11.8 Å². The molecule has 3 aromatic rings. The Morgan fingerprint density at radius 1 is 0.975 bits per heavy atom. The standard InChI is InChI=1S/C29H33Cl2N3O5S/c1-4-5-16-32-29(36)21(2)33(19-22-14-15-26(30)27(31)17-22)28(35)20-34(23-10-9-11-24(18-23)39-3)40(37,38)25-12-7-6-8-13-25/h6-15,17-18,21H,4-5,16,19-20H2,1-3H3,(H,32,36)/t21-/m0/s1. The molecule has 8 nitrogen and oxygen atoms in total. The van der Waals surface area contributed by atoms with Crippen LogP contribution in [-0.4, -0.2) is 51.4 Å². The highest BCUT2D eigenvalue weighted by atomic mass is 35.5. The van der Waals surface area contributed by atoms with Crippen LogP contribution in [0.3, 0.4) is 0 Å². The third-order valence-corrected chi connectivity index (χ3v) is 8.81. The molecular formula is C29H33Cl2N3O5S. The summed E-state index contributed by atoms with van der Waals surface area (Å²) in [5.74, 6) is -0.498. The van der Waals surface area contributed by atoms with Crippen molar-refractivity contribution < 1.29 is 22.7 Å². The summed E-state index contributed by atoms with van der Waals surface area (Å²) in [6, 6.07) is 18.3. The lowest BCUT2D eigenvalue weighted by atomic mass is 10.1. The Balaban J connectivity index is 2.02. The highest BCUT2D eigenvalue weighted by Gasteiger charge is 2.32. The van der Waals surface area contributed by atoms with Crippen molar-refractivity contribution in [3.8, 4) is 5.75 Å². The molecule has 0 aliphatic rings. The number of benzene rings is 3. The first-order valence-corrected chi connectivity index (χ1v) is 15.0. The average Bonchev–Trinajstić information content (AvgIpc) is 2.96. The zero-order valence-corrected chi connectivity index (χ0v) is 25.0. The minimum absolute atomic E-state index is 0.00935. The molecule has 0 spiro atoms. The number of amides is 2. The molecule has 1 N–H and O–H groups in total. The molecule has 0 aliphatic heterocycles. The van der Waals surface area contributed by atoms with E-state index in [1.807, 2.05) is 6.92 Å². The van der Waals surface area contributed by atoms with Gasteiger partial charge in [0.25, 0.3) is 10.0 Å². The van der Waals surface area contributed by atoms with Crippen LogP contribution in [0, 0.1) is 0 Å². The number of halogens is 2. The number of sulfonamides is 1. The largest absolute Gasteiger partial charge is 0.497 e. The third kappa shape index (κ3) is 7.90. The molecule has 214 valence electrons. The van der Waals surface area contributed by atoms with Crippen LogP contribution in [0.25, 0.3) is 0 Å². The van der Waals surface area contributed by atoms with E-state index < -0.39 is 28.5 Å². The molecule has 0 aromatic heterocycles. The van der Waals surface area contributed by atoms with E-state index in [1.165, 1.54) is 30.2 Å². The van der Waals surface area contributed by atoms with Crippen LogP contribution in [0.4, 0.5) is 5.69 Å². The average molecular weight is 607 g/mol. The molecule has 0 bridgehead atoms. The highest BCUT2D eigenvalue weighted by Crippen LogP contribution is 2.28. The fourth-order valence-electron chi connectivity index (χ4n) is 3.97. The second kappa shape index (κ2) is 14.4. The number of unbranched alkanes of at least 4 members (excludes halogenated alkanes) is 1. The van der Waals surface area contributed by atoms with Crippen molar-refractivity contribution in [2.75, 3.05) is 24.5 Å². The van der Waals surface area contributed by atoms with Crippen LogP contribution < -0.4 is 14.4 Å². The summed E-state index contributed by atoms with van der Waals surface area (Å²) < 4.78 is 33.9. The summed E-state index contributed by atoms with van der Waals surface area (Å²) in [6.07, 6.45) is 1.69. The maximum absolute atomic E-state index is 13.9.